The van der Waals surface area contributed by atoms with Gasteiger partial charge >= 0.3 is 0 Å². The minimum atomic E-state index is -1.02. The molecule has 0 aliphatic rings. The molecule has 7 nitrogen and oxygen atoms in total. The Hall–Kier alpha value is -3.60. The van der Waals surface area contributed by atoms with Crippen LogP contribution in [0.1, 0.15) is 12.5 Å². The summed E-state index contributed by atoms with van der Waals surface area (Å²) in [6.07, 6.45) is -1.02. The second-order valence-electron chi connectivity index (χ2n) is 5.15. The van der Waals surface area contributed by atoms with Crippen molar-refractivity contribution in [2.75, 3.05) is 6.61 Å². The SMILES string of the molecule is CC(Oc1ccccc1F)C(=O)NNC(=O)COc1ccc(C#N)cc1. The number of hydrazine groups is 1. The van der Waals surface area contributed by atoms with Crippen LogP contribution >= 0.6 is 0 Å². The lowest BCUT2D eigenvalue weighted by atomic mass is 10.2. The van der Waals surface area contributed by atoms with E-state index < -0.39 is 23.7 Å². The average molecular weight is 357 g/mol. The maximum Gasteiger partial charge on any atom is 0.279 e. The molecule has 2 rings (SSSR count). The molecule has 0 saturated heterocycles. The van der Waals surface area contributed by atoms with Gasteiger partial charge in [0.1, 0.15) is 5.75 Å². The molecule has 0 radical (unpaired) electrons. The van der Waals surface area contributed by atoms with E-state index in [-0.39, 0.29) is 12.4 Å². The van der Waals surface area contributed by atoms with E-state index in [1.165, 1.54) is 25.1 Å². The third-order valence-electron chi connectivity index (χ3n) is 3.19. The van der Waals surface area contributed by atoms with Crippen molar-refractivity contribution in [1.29, 1.82) is 5.26 Å². The molecule has 2 N–H and O–H groups in total. The van der Waals surface area contributed by atoms with Crippen molar-refractivity contribution in [3.63, 3.8) is 0 Å². The number of ether oxygens (including phenoxy) is 2. The molecule has 1 atom stereocenters. The molecule has 2 aromatic rings. The number of halogens is 1. The number of rotatable bonds is 6. The van der Waals surface area contributed by atoms with Crippen molar-refractivity contribution in [2.45, 2.75) is 13.0 Å². The Kier molecular flexibility index (Phi) is 6.51. The van der Waals surface area contributed by atoms with Gasteiger partial charge < -0.3 is 9.47 Å². The van der Waals surface area contributed by atoms with Crippen LogP contribution < -0.4 is 20.3 Å². The number of hydrogen-bond acceptors (Lipinski definition) is 5. The van der Waals surface area contributed by atoms with E-state index in [4.69, 9.17) is 14.7 Å². The minimum absolute atomic E-state index is 0.0642. The molecule has 0 bridgehead atoms. The minimum Gasteiger partial charge on any atom is -0.484 e. The van der Waals surface area contributed by atoms with Crippen molar-refractivity contribution in [3.05, 3.63) is 59.9 Å². The predicted molar refractivity (Wildman–Crippen MR) is 89.4 cm³/mol. The fourth-order valence-electron chi connectivity index (χ4n) is 1.83. The molecule has 8 heteroatoms. The molecule has 0 aromatic heterocycles. The second kappa shape index (κ2) is 9.03. The van der Waals surface area contributed by atoms with Crippen molar-refractivity contribution in [3.8, 4) is 17.6 Å². The van der Waals surface area contributed by atoms with E-state index >= 15 is 0 Å². The summed E-state index contributed by atoms with van der Waals surface area (Å²) in [5, 5.41) is 8.70. The Labute approximate surface area is 149 Å². The number of benzene rings is 2. The van der Waals surface area contributed by atoms with Gasteiger partial charge in [-0.3, -0.25) is 20.4 Å². The first-order valence-corrected chi connectivity index (χ1v) is 7.62. The summed E-state index contributed by atoms with van der Waals surface area (Å²) in [5.74, 6) is -1.50. The van der Waals surface area contributed by atoms with E-state index in [1.807, 2.05) is 6.07 Å². The zero-order valence-electron chi connectivity index (χ0n) is 13.9. The van der Waals surface area contributed by atoms with Gasteiger partial charge in [0.2, 0.25) is 0 Å². The maximum absolute atomic E-state index is 13.5. The van der Waals surface area contributed by atoms with Crippen LogP contribution in [-0.4, -0.2) is 24.5 Å². The number of nitrogens with zero attached hydrogens (tertiary/aromatic N) is 1. The number of para-hydroxylation sites is 1. The number of carbonyl (C=O) groups excluding carboxylic acids is 2. The predicted octanol–water partition coefficient (Wildman–Crippen LogP) is 1.69. The molecular formula is C18H16FN3O4. The van der Waals surface area contributed by atoms with Crippen molar-refractivity contribution in [1.82, 2.24) is 10.9 Å². The first-order chi connectivity index (χ1) is 12.5. The molecule has 0 saturated carbocycles. The Morgan fingerprint density at radius 2 is 1.85 bits per heavy atom. The van der Waals surface area contributed by atoms with E-state index in [0.717, 1.165) is 0 Å². The smallest absolute Gasteiger partial charge is 0.279 e. The summed E-state index contributed by atoms with van der Waals surface area (Å²) >= 11 is 0. The quantitative estimate of drug-likeness (QED) is 0.767. The van der Waals surface area contributed by atoms with Gasteiger partial charge in [-0.05, 0) is 43.3 Å². The first-order valence-electron chi connectivity index (χ1n) is 7.62. The normalized spacial score (nSPS) is 11.0. The van der Waals surface area contributed by atoms with Crippen LogP contribution in [0.5, 0.6) is 11.5 Å². The molecule has 26 heavy (non-hydrogen) atoms. The van der Waals surface area contributed by atoms with Crippen LogP contribution in [0.15, 0.2) is 48.5 Å². The monoisotopic (exact) mass is 357 g/mol. The molecule has 0 spiro atoms. The highest BCUT2D eigenvalue weighted by atomic mass is 19.1. The van der Waals surface area contributed by atoms with Gasteiger partial charge in [0.05, 0.1) is 11.6 Å². The van der Waals surface area contributed by atoms with Crippen LogP contribution in [0.4, 0.5) is 4.39 Å². The van der Waals surface area contributed by atoms with Gasteiger partial charge in [-0.1, -0.05) is 12.1 Å². The second-order valence-corrected chi connectivity index (χ2v) is 5.15. The lowest BCUT2D eigenvalue weighted by molar-refractivity contribution is -0.133. The summed E-state index contributed by atoms with van der Waals surface area (Å²) in [6, 6.07) is 13.8. The van der Waals surface area contributed by atoms with Gasteiger partial charge in [-0.2, -0.15) is 5.26 Å². The van der Waals surface area contributed by atoms with Crippen molar-refractivity contribution in [2.24, 2.45) is 0 Å². The molecule has 134 valence electrons. The molecule has 0 aliphatic heterocycles. The van der Waals surface area contributed by atoms with Crippen LogP contribution in [0.2, 0.25) is 0 Å². The number of amides is 2. The standard InChI is InChI=1S/C18H16FN3O4/c1-12(26-16-5-3-2-4-15(16)19)18(24)22-21-17(23)11-25-14-8-6-13(10-20)7-9-14/h2-9,12H,11H2,1H3,(H,21,23)(H,22,24). The highest BCUT2D eigenvalue weighted by molar-refractivity contribution is 5.85. The third kappa shape index (κ3) is 5.49. The van der Waals surface area contributed by atoms with Crippen LogP contribution in [0.25, 0.3) is 0 Å². The van der Waals surface area contributed by atoms with Gasteiger partial charge in [0, 0.05) is 0 Å². The first kappa shape index (κ1) is 18.7. The summed E-state index contributed by atoms with van der Waals surface area (Å²) in [4.78, 5) is 23.5. The molecule has 0 fully saturated rings. The Morgan fingerprint density at radius 1 is 1.15 bits per heavy atom. The third-order valence-corrected chi connectivity index (χ3v) is 3.19. The molecular weight excluding hydrogens is 341 g/mol. The number of nitrogens with one attached hydrogen (secondary N) is 2. The van der Waals surface area contributed by atoms with Gasteiger partial charge in [0.25, 0.3) is 11.8 Å². The zero-order valence-corrected chi connectivity index (χ0v) is 13.9. The van der Waals surface area contributed by atoms with Gasteiger partial charge in [-0.25, -0.2) is 4.39 Å². The van der Waals surface area contributed by atoms with E-state index in [2.05, 4.69) is 10.9 Å². The fourth-order valence-corrected chi connectivity index (χ4v) is 1.83. The Balaban J connectivity index is 1.74. The maximum atomic E-state index is 13.5. The fraction of sp³-hybridized carbons (Fsp3) is 0.167. The zero-order chi connectivity index (χ0) is 18.9. The van der Waals surface area contributed by atoms with Crippen LogP contribution in [-0.2, 0) is 9.59 Å². The molecule has 0 aliphatic carbocycles. The van der Waals surface area contributed by atoms with Crippen LogP contribution in [0.3, 0.4) is 0 Å². The molecule has 2 aromatic carbocycles. The summed E-state index contributed by atoms with van der Waals surface area (Å²) in [5.41, 5.74) is 4.80. The Morgan fingerprint density at radius 3 is 2.50 bits per heavy atom. The lowest BCUT2D eigenvalue weighted by Crippen LogP contribution is -2.48. The molecule has 2 amide bonds. The van der Waals surface area contributed by atoms with E-state index in [9.17, 15) is 14.0 Å². The Bertz CT molecular complexity index is 818. The summed E-state index contributed by atoms with van der Waals surface area (Å²) in [7, 11) is 0. The van der Waals surface area contributed by atoms with Gasteiger partial charge in [-0.15, -0.1) is 0 Å². The molecule has 1 unspecified atom stereocenters. The lowest BCUT2D eigenvalue weighted by Gasteiger charge is -2.15. The van der Waals surface area contributed by atoms with Crippen molar-refractivity contribution < 1.29 is 23.5 Å². The number of carbonyl (C=O) groups is 2. The largest absolute Gasteiger partial charge is 0.484 e. The highest BCUT2D eigenvalue weighted by Gasteiger charge is 2.17. The highest BCUT2D eigenvalue weighted by Crippen LogP contribution is 2.16. The topological polar surface area (TPSA) is 100 Å². The van der Waals surface area contributed by atoms with Crippen LogP contribution in [0, 0.1) is 17.1 Å². The van der Waals surface area contributed by atoms with Gasteiger partial charge in [0.15, 0.2) is 24.3 Å². The number of hydrogen-bond donors (Lipinski definition) is 2. The summed E-state index contributed by atoms with van der Waals surface area (Å²) < 4.78 is 23.9. The average Bonchev–Trinajstić information content (AvgIpc) is 2.66. The van der Waals surface area contributed by atoms with E-state index in [0.29, 0.717) is 11.3 Å². The number of nitriles is 1. The van der Waals surface area contributed by atoms with Crippen molar-refractivity contribution >= 4 is 11.8 Å². The molecule has 0 heterocycles. The summed E-state index contributed by atoms with van der Waals surface area (Å²) in [6.45, 7) is 1.08. The van der Waals surface area contributed by atoms with E-state index in [1.54, 1.807) is 30.3 Å².